The minimum atomic E-state index is 0.622. The van der Waals surface area contributed by atoms with Gasteiger partial charge in [0.1, 0.15) is 0 Å². The van der Waals surface area contributed by atoms with Gasteiger partial charge in [-0.2, -0.15) is 0 Å². The van der Waals surface area contributed by atoms with Crippen molar-refractivity contribution in [2.24, 2.45) is 0 Å². The zero-order valence-electron chi connectivity index (χ0n) is 9.35. The number of anilines is 1. The summed E-state index contributed by atoms with van der Waals surface area (Å²) in [6.07, 6.45) is 5.26. The molecule has 88 valence electrons. The topological polar surface area (TPSA) is 47.0 Å². The number of halogens is 1. The van der Waals surface area contributed by atoms with Gasteiger partial charge in [0.2, 0.25) is 5.88 Å². The Morgan fingerprint density at radius 2 is 2.24 bits per heavy atom. The van der Waals surface area contributed by atoms with Crippen molar-refractivity contribution < 1.29 is 4.74 Å². The summed E-state index contributed by atoms with van der Waals surface area (Å²) < 4.78 is 6.02. The Morgan fingerprint density at radius 1 is 1.35 bits per heavy atom. The van der Waals surface area contributed by atoms with Crippen LogP contribution in [-0.4, -0.2) is 17.1 Å². The second kappa shape index (κ2) is 5.63. The van der Waals surface area contributed by atoms with Crippen LogP contribution < -0.4 is 10.1 Å². The largest absolute Gasteiger partial charge is 0.481 e. The Morgan fingerprint density at radius 3 is 3.00 bits per heavy atom. The molecule has 2 aromatic heterocycles. The number of ether oxygens (including phenoxy) is 1. The van der Waals surface area contributed by atoms with Crippen molar-refractivity contribution in [2.75, 3.05) is 12.4 Å². The second-order valence-electron chi connectivity index (χ2n) is 3.45. The number of pyridine rings is 2. The number of hydrogen-bond donors (Lipinski definition) is 1. The molecule has 17 heavy (non-hydrogen) atoms. The quantitative estimate of drug-likeness (QED) is 0.942. The molecule has 2 rings (SSSR count). The fourth-order valence-electron chi connectivity index (χ4n) is 1.38. The Labute approximate surface area is 108 Å². The van der Waals surface area contributed by atoms with Crippen molar-refractivity contribution in [1.29, 1.82) is 0 Å². The SMILES string of the molecule is COc1cc(CNc2cncc(Br)c2)ccn1. The van der Waals surface area contributed by atoms with Crippen LogP contribution in [0.15, 0.2) is 41.3 Å². The Bertz CT molecular complexity index is 505. The zero-order chi connectivity index (χ0) is 12.1. The van der Waals surface area contributed by atoms with Gasteiger partial charge in [-0.3, -0.25) is 4.98 Å². The fraction of sp³-hybridized carbons (Fsp3) is 0.167. The summed E-state index contributed by atoms with van der Waals surface area (Å²) in [5.41, 5.74) is 2.08. The monoisotopic (exact) mass is 293 g/mol. The Balaban J connectivity index is 2.02. The molecular formula is C12H12BrN3O. The van der Waals surface area contributed by atoms with Crippen molar-refractivity contribution in [3.63, 3.8) is 0 Å². The molecule has 0 bridgehead atoms. The van der Waals surface area contributed by atoms with E-state index in [-0.39, 0.29) is 0 Å². The van der Waals surface area contributed by atoms with E-state index in [1.807, 2.05) is 18.2 Å². The minimum Gasteiger partial charge on any atom is -0.481 e. The lowest BCUT2D eigenvalue weighted by Crippen LogP contribution is -2.00. The van der Waals surface area contributed by atoms with Crippen molar-refractivity contribution in [2.45, 2.75) is 6.54 Å². The van der Waals surface area contributed by atoms with Gasteiger partial charge in [0.15, 0.2) is 0 Å². The van der Waals surface area contributed by atoms with Crippen LogP contribution in [0, 0.1) is 0 Å². The zero-order valence-corrected chi connectivity index (χ0v) is 10.9. The van der Waals surface area contributed by atoms with Crippen LogP contribution in [0.2, 0.25) is 0 Å². The highest BCUT2D eigenvalue weighted by molar-refractivity contribution is 9.10. The number of hydrogen-bond acceptors (Lipinski definition) is 4. The highest BCUT2D eigenvalue weighted by Crippen LogP contribution is 2.15. The van der Waals surface area contributed by atoms with Crippen LogP contribution in [0.1, 0.15) is 5.56 Å². The van der Waals surface area contributed by atoms with Gasteiger partial charge in [0, 0.05) is 29.5 Å². The molecule has 0 saturated carbocycles. The van der Waals surface area contributed by atoms with E-state index < -0.39 is 0 Å². The molecule has 0 aliphatic carbocycles. The molecule has 0 spiro atoms. The van der Waals surface area contributed by atoms with E-state index in [1.165, 1.54) is 0 Å². The molecule has 0 aliphatic heterocycles. The smallest absolute Gasteiger partial charge is 0.213 e. The number of aromatic nitrogens is 2. The normalized spacial score (nSPS) is 10.0. The van der Waals surface area contributed by atoms with E-state index >= 15 is 0 Å². The first kappa shape index (κ1) is 11.9. The van der Waals surface area contributed by atoms with Gasteiger partial charge in [-0.25, -0.2) is 4.98 Å². The molecular weight excluding hydrogens is 282 g/mol. The third-order valence-corrected chi connectivity index (χ3v) is 2.64. The third-order valence-electron chi connectivity index (χ3n) is 2.21. The highest BCUT2D eigenvalue weighted by atomic mass is 79.9. The summed E-state index contributed by atoms with van der Waals surface area (Å²) in [5.74, 6) is 0.622. The standard InChI is InChI=1S/C12H12BrN3O/c1-17-12-4-9(2-3-15-12)6-16-11-5-10(13)7-14-8-11/h2-5,7-8,16H,6H2,1H3. The summed E-state index contributed by atoms with van der Waals surface area (Å²) in [6.45, 7) is 0.705. The summed E-state index contributed by atoms with van der Waals surface area (Å²) in [4.78, 5) is 8.14. The fourth-order valence-corrected chi connectivity index (χ4v) is 1.75. The predicted octanol–water partition coefficient (Wildman–Crippen LogP) is 2.86. The van der Waals surface area contributed by atoms with Gasteiger partial charge in [-0.1, -0.05) is 0 Å². The van der Waals surface area contributed by atoms with Gasteiger partial charge < -0.3 is 10.1 Å². The van der Waals surface area contributed by atoms with Crippen LogP contribution in [0.5, 0.6) is 5.88 Å². The molecule has 0 atom stereocenters. The van der Waals surface area contributed by atoms with Crippen LogP contribution >= 0.6 is 15.9 Å². The van der Waals surface area contributed by atoms with Gasteiger partial charge in [-0.15, -0.1) is 0 Å². The van der Waals surface area contributed by atoms with Crippen LogP contribution in [0.4, 0.5) is 5.69 Å². The van der Waals surface area contributed by atoms with Gasteiger partial charge in [0.25, 0.3) is 0 Å². The maximum atomic E-state index is 5.07. The van der Waals surface area contributed by atoms with E-state index in [9.17, 15) is 0 Å². The summed E-state index contributed by atoms with van der Waals surface area (Å²) in [5, 5.41) is 3.28. The number of methoxy groups -OCH3 is 1. The lowest BCUT2D eigenvalue weighted by molar-refractivity contribution is 0.397. The molecule has 0 fully saturated rings. The molecule has 1 N–H and O–H groups in total. The molecule has 0 saturated heterocycles. The molecule has 0 aromatic carbocycles. The van der Waals surface area contributed by atoms with Crippen molar-refractivity contribution in [3.8, 4) is 5.88 Å². The maximum absolute atomic E-state index is 5.07. The molecule has 0 amide bonds. The van der Waals surface area contributed by atoms with Gasteiger partial charge in [0.05, 0.1) is 19.0 Å². The first-order chi connectivity index (χ1) is 8.28. The number of nitrogens with zero attached hydrogens (tertiary/aromatic N) is 2. The summed E-state index contributed by atoms with van der Waals surface area (Å²) >= 11 is 3.38. The van der Waals surface area contributed by atoms with Crippen LogP contribution in [0.3, 0.4) is 0 Å². The molecule has 5 heteroatoms. The maximum Gasteiger partial charge on any atom is 0.213 e. The molecule has 2 aromatic rings. The van der Waals surface area contributed by atoms with Gasteiger partial charge in [-0.05, 0) is 33.6 Å². The predicted molar refractivity (Wildman–Crippen MR) is 70.1 cm³/mol. The number of nitrogens with one attached hydrogen (secondary N) is 1. The van der Waals surface area contributed by atoms with E-state index in [2.05, 4.69) is 31.2 Å². The van der Waals surface area contributed by atoms with Crippen molar-refractivity contribution in [1.82, 2.24) is 9.97 Å². The van der Waals surface area contributed by atoms with E-state index in [0.29, 0.717) is 12.4 Å². The molecule has 0 aliphatic rings. The van der Waals surface area contributed by atoms with Gasteiger partial charge >= 0.3 is 0 Å². The average Bonchev–Trinajstić information content (AvgIpc) is 2.37. The van der Waals surface area contributed by atoms with E-state index in [1.54, 1.807) is 25.7 Å². The van der Waals surface area contributed by atoms with Crippen LogP contribution in [-0.2, 0) is 6.54 Å². The lowest BCUT2D eigenvalue weighted by atomic mass is 10.2. The van der Waals surface area contributed by atoms with Crippen LogP contribution in [0.25, 0.3) is 0 Å². The Kier molecular flexibility index (Phi) is 3.93. The third kappa shape index (κ3) is 3.42. The average molecular weight is 294 g/mol. The highest BCUT2D eigenvalue weighted by Gasteiger charge is 1.98. The summed E-state index contributed by atoms with van der Waals surface area (Å²) in [7, 11) is 1.61. The lowest BCUT2D eigenvalue weighted by Gasteiger charge is -2.07. The first-order valence-electron chi connectivity index (χ1n) is 5.11. The van der Waals surface area contributed by atoms with Crippen molar-refractivity contribution in [3.05, 3.63) is 46.8 Å². The number of rotatable bonds is 4. The molecule has 2 heterocycles. The molecule has 0 unspecified atom stereocenters. The second-order valence-corrected chi connectivity index (χ2v) is 4.37. The van der Waals surface area contributed by atoms with E-state index in [4.69, 9.17) is 4.74 Å². The minimum absolute atomic E-state index is 0.622. The van der Waals surface area contributed by atoms with Crippen molar-refractivity contribution >= 4 is 21.6 Å². The summed E-state index contributed by atoms with van der Waals surface area (Å²) in [6, 6.07) is 5.82. The van der Waals surface area contributed by atoms with E-state index in [0.717, 1.165) is 15.7 Å². The molecule has 0 radical (unpaired) electrons. The molecule has 4 nitrogen and oxygen atoms in total. The first-order valence-corrected chi connectivity index (χ1v) is 5.90. The Hall–Kier alpha value is -1.62.